The fraction of sp³-hybridized carbons (Fsp3) is 0.409. The third kappa shape index (κ3) is 5.74. The summed E-state index contributed by atoms with van der Waals surface area (Å²) in [6, 6.07) is 12.5. The van der Waals surface area contributed by atoms with Crippen molar-refractivity contribution in [1.82, 2.24) is 10.2 Å². The first-order valence-electron chi connectivity index (χ1n) is 10.1. The van der Waals surface area contributed by atoms with E-state index in [1.165, 1.54) is 37.5 Å². The fourth-order valence-corrected chi connectivity index (χ4v) is 4.87. The molecule has 0 aliphatic carbocycles. The summed E-state index contributed by atoms with van der Waals surface area (Å²) < 4.78 is 27.9. The largest absolute Gasteiger partial charge is 0.350 e. The van der Waals surface area contributed by atoms with Crippen molar-refractivity contribution < 1.29 is 13.2 Å². The van der Waals surface area contributed by atoms with Crippen LogP contribution in [-0.4, -0.2) is 44.4 Å². The minimum absolute atomic E-state index is 0.0189. The Balaban J connectivity index is 1.68. The van der Waals surface area contributed by atoms with E-state index < -0.39 is 10.0 Å². The molecule has 1 saturated heterocycles. The number of nitrogens with one attached hydrogen (secondary N) is 2. The number of nitrogens with zero attached hydrogens (tertiary/aromatic N) is 1. The maximum Gasteiger partial charge on any atom is 0.261 e. The molecule has 1 fully saturated rings. The van der Waals surface area contributed by atoms with Crippen LogP contribution in [0.25, 0.3) is 0 Å². The molecule has 30 heavy (non-hydrogen) atoms. The van der Waals surface area contributed by atoms with Crippen LogP contribution in [0.4, 0.5) is 5.69 Å². The molecule has 2 aromatic carbocycles. The van der Waals surface area contributed by atoms with Gasteiger partial charge in [-0.05, 0) is 76.2 Å². The zero-order chi connectivity index (χ0) is 21.8. The molecular formula is C22H28ClN3O3S. The molecule has 0 atom stereocenters. The molecule has 0 aromatic heterocycles. The topological polar surface area (TPSA) is 78.5 Å². The number of anilines is 1. The number of sulfonamides is 1. The lowest BCUT2D eigenvalue weighted by Gasteiger charge is -2.41. The molecule has 0 unspecified atom stereocenters. The van der Waals surface area contributed by atoms with Crippen molar-refractivity contribution in [3.8, 4) is 0 Å². The van der Waals surface area contributed by atoms with Crippen LogP contribution < -0.4 is 10.0 Å². The van der Waals surface area contributed by atoms with Crippen molar-refractivity contribution >= 4 is 33.2 Å². The highest BCUT2D eigenvalue weighted by molar-refractivity contribution is 7.92. The summed E-state index contributed by atoms with van der Waals surface area (Å²) in [4.78, 5) is 15.1. The molecule has 0 spiro atoms. The average Bonchev–Trinajstić information content (AvgIpc) is 2.72. The molecule has 6 nitrogen and oxygen atoms in total. The predicted octanol–water partition coefficient (Wildman–Crippen LogP) is 4.14. The second kappa shape index (κ2) is 9.37. The molecule has 8 heteroatoms. The van der Waals surface area contributed by atoms with Crippen LogP contribution in [0.2, 0.25) is 5.02 Å². The van der Waals surface area contributed by atoms with Crippen molar-refractivity contribution in [1.29, 1.82) is 0 Å². The van der Waals surface area contributed by atoms with Gasteiger partial charge in [-0.15, -0.1) is 0 Å². The van der Waals surface area contributed by atoms with Gasteiger partial charge in [-0.1, -0.05) is 30.2 Å². The molecule has 0 bridgehead atoms. The third-order valence-electron chi connectivity index (χ3n) is 5.38. The SMILES string of the molecule is CC(C)(CNC(=O)c1cccc(S(=O)(=O)Nc2cccc(Cl)c2)c1)N1CCCCC1. The minimum Gasteiger partial charge on any atom is -0.350 e. The Labute approximate surface area is 183 Å². The van der Waals surface area contributed by atoms with Gasteiger partial charge in [0.05, 0.1) is 10.6 Å². The number of amides is 1. The highest BCUT2D eigenvalue weighted by Crippen LogP contribution is 2.22. The van der Waals surface area contributed by atoms with Crippen LogP contribution in [0.15, 0.2) is 53.4 Å². The molecule has 1 heterocycles. The normalized spacial score (nSPS) is 15.6. The van der Waals surface area contributed by atoms with Crippen molar-refractivity contribution in [2.24, 2.45) is 0 Å². The molecule has 3 rings (SSSR count). The van der Waals surface area contributed by atoms with E-state index in [1.807, 2.05) is 0 Å². The van der Waals surface area contributed by atoms with Crippen LogP contribution in [0.3, 0.4) is 0 Å². The zero-order valence-electron chi connectivity index (χ0n) is 17.3. The summed E-state index contributed by atoms with van der Waals surface area (Å²) in [6.07, 6.45) is 3.61. The molecule has 2 aromatic rings. The van der Waals surface area contributed by atoms with Crippen LogP contribution in [0.1, 0.15) is 43.5 Å². The number of hydrogen-bond acceptors (Lipinski definition) is 4. The second-order valence-corrected chi connectivity index (χ2v) is 10.3. The zero-order valence-corrected chi connectivity index (χ0v) is 18.9. The van der Waals surface area contributed by atoms with E-state index in [9.17, 15) is 13.2 Å². The fourth-order valence-electron chi connectivity index (χ4n) is 3.58. The van der Waals surface area contributed by atoms with Gasteiger partial charge < -0.3 is 5.32 Å². The van der Waals surface area contributed by atoms with Crippen molar-refractivity contribution in [3.63, 3.8) is 0 Å². The summed E-state index contributed by atoms with van der Waals surface area (Å²) in [5.74, 6) is -0.292. The van der Waals surface area contributed by atoms with Gasteiger partial charge in [0, 0.05) is 22.7 Å². The highest BCUT2D eigenvalue weighted by atomic mass is 35.5. The maximum absolute atomic E-state index is 12.7. The lowest BCUT2D eigenvalue weighted by molar-refractivity contribution is 0.0797. The first kappa shape index (κ1) is 22.6. The molecular weight excluding hydrogens is 422 g/mol. The molecule has 1 aliphatic rings. The lowest BCUT2D eigenvalue weighted by atomic mass is 9.98. The second-order valence-electron chi connectivity index (χ2n) is 8.19. The molecule has 2 N–H and O–H groups in total. The van der Waals surface area contributed by atoms with E-state index in [2.05, 4.69) is 28.8 Å². The van der Waals surface area contributed by atoms with Gasteiger partial charge in [0.2, 0.25) is 0 Å². The van der Waals surface area contributed by atoms with Crippen LogP contribution >= 0.6 is 11.6 Å². The highest BCUT2D eigenvalue weighted by Gasteiger charge is 2.28. The van der Waals surface area contributed by atoms with Crippen LogP contribution in [0.5, 0.6) is 0 Å². The lowest BCUT2D eigenvalue weighted by Crippen LogP contribution is -2.53. The van der Waals surface area contributed by atoms with E-state index >= 15 is 0 Å². The first-order valence-corrected chi connectivity index (χ1v) is 12.0. The first-order chi connectivity index (χ1) is 14.2. The van der Waals surface area contributed by atoms with E-state index in [0.29, 0.717) is 22.8 Å². The van der Waals surface area contributed by atoms with Gasteiger partial charge in [0.15, 0.2) is 0 Å². The van der Waals surface area contributed by atoms with Gasteiger partial charge >= 0.3 is 0 Å². The number of benzene rings is 2. The molecule has 0 saturated carbocycles. The molecule has 162 valence electrons. The average molecular weight is 450 g/mol. The third-order valence-corrected chi connectivity index (χ3v) is 6.99. The monoisotopic (exact) mass is 449 g/mol. The summed E-state index contributed by atoms with van der Waals surface area (Å²) in [6.45, 7) is 6.80. The Kier molecular flexibility index (Phi) is 7.06. The number of hydrogen-bond donors (Lipinski definition) is 2. The van der Waals surface area contributed by atoms with Gasteiger partial charge in [-0.25, -0.2) is 8.42 Å². The van der Waals surface area contributed by atoms with E-state index in [0.717, 1.165) is 13.1 Å². The number of piperidine rings is 1. The van der Waals surface area contributed by atoms with Gasteiger partial charge in [0.1, 0.15) is 0 Å². The van der Waals surface area contributed by atoms with Gasteiger partial charge in [-0.2, -0.15) is 0 Å². The van der Waals surface area contributed by atoms with Crippen molar-refractivity contribution in [2.45, 2.75) is 43.5 Å². The van der Waals surface area contributed by atoms with E-state index in [4.69, 9.17) is 11.6 Å². The number of rotatable bonds is 7. The summed E-state index contributed by atoms with van der Waals surface area (Å²) in [5, 5.41) is 3.39. The quantitative estimate of drug-likeness (QED) is 0.666. The number of halogens is 1. The van der Waals surface area contributed by atoms with Gasteiger partial charge in [-0.3, -0.25) is 14.4 Å². The van der Waals surface area contributed by atoms with Crippen molar-refractivity contribution in [2.75, 3.05) is 24.4 Å². The smallest absolute Gasteiger partial charge is 0.261 e. The summed E-state index contributed by atoms with van der Waals surface area (Å²) in [7, 11) is -3.84. The number of likely N-dealkylation sites (tertiary alicyclic amines) is 1. The predicted molar refractivity (Wildman–Crippen MR) is 121 cm³/mol. The Bertz CT molecular complexity index is 1000. The maximum atomic E-state index is 12.7. The van der Waals surface area contributed by atoms with E-state index in [1.54, 1.807) is 30.3 Å². The Morgan fingerprint density at radius 2 is 1.77 bits per heavy atom. The van der Waals surface area contributed by atoms with Crippen LogP contribution in [-0.2, 0) is 10.0 Å². The Hall–Kier alpha value is -2.09. The number of carbonyl (C=O) groups excluding carboxylic acids is 1. The Morgan fingerprint density at radius 1 is 1.07 bits per heavy atom. The summed E-state index contributed by atoms with van der Waals surface area (Å²) in [5.41, 5.74) is 0.507. The standard InChI is InChI=1S/C22H28ClN3O3S/c1-22(2,26-12-4-3-5-13-26)16-24-21(27)17-8-6-11-20(14-17)30(28,29)25-19-10-7-9-18(23)15-19/h6-11,14-15,25H,3-5,12-13,16H2,1-2H3,(H,24,27). The van der Waals surface area contributed by atoms with Crippen LogP contribution in [0, 0.1) is 0 Å². The molecule has 0 radical (unpaired) electrons. The van der Waals surface area contributed by atoms with E-state index in [-0.39, 0.29) is 16.3 Å². The van der Waals surface area contributed by atoms with Crippen molar-refractivity contribution in [3.05, 3.63) is 59.1 Å². The number of carbonyl (C=O) groups is 1. The Morgan fingerprint density at radius 3 is 2.47 bits per heavy atom. The molecule has 1 amide bonds. The minimum atomic E-state index is -3.84. The van der Waals surface area contributed by atoms with Gasteiger partial charge in [0.25, 0.3) is 15.9 Å². The molecule has 1 aliphatic heterocycles. The summed E-state index contributed by atoms with van der Waals surface area (Å²) >= 11 is 5.92.